The Morgan fingerprint density at radius 1 is 1.04 bits per heavy atom. The third-order valence-electron chi connectivity index (χ3n) is 2.81. The van der Waals surface area contributed by atoms with Gasteiger partial charge in [0.25, 0.3) is 0 Å². The first kappa shape index (κ1) is 18.4. The number of rotatable bonds is 7. The first-order chi connectivity index (χ1) is 10.7. The van der Waals surface area contributed by atoms with Crippen molar-refractivity contribution in [3.8, 4) is 5.75 Å². The predicted octanol–water partition coefficient (Wildman–Crippen LogP) is 0.729. The van der Waals surface area contributed by atoms with Crippen molar-refractivity contribution >= 4 is 18.0 Å². The average molecular weight is 327 g/mol. The number of carboxylic acid groups (broad SMARTS) is 2. The van der Waals surface area contributed by atoms with Gasteiger partial charge in [0.05, 0.1) is 0 Å². The van der Waals surface area contributed by atoms with Gasteiger partial charge in [-0.05, 0) is 23.6 Å². The molecule has 4 N–H and O–H groups in total. The molecule has 0 aromatic heterocycles. The summed E-state index contributed by atoms with van der Waals surface area (Å²) in [4.78, 5) is 37.1. The van der Waals surface area contributed by atoms with Gasteiger partial charge in [0.15, 0.2) is 6.10 Å². The smallest absolute Gasteiger partial charge is 0.436 e. The number of ether oxygens (including phenoxy) is 1. The summed E-state index contributed by atoms with van der Waals surface area (Å²) in [7, 11) is 0. The number of carboxylic acids is 2. The number of amides is 1. The third-order valence-corrected chi connectivity index (χ3v) is 2.81. The second-order valence-electron chi connectivity index (χ2n) is 4.88. The van der Waals surface area contributed by atoms with Crippen LogP contribution in [0.1, 0.15) is 25.3 Å². The van der Waals surface area contributed by atoms with E-state index < -0.39 is 30.2 Å². The number of carbonyl (C=O) groups excluding carboxylic acids is 1. The number of hydrogen-bond donors (Lipinski definition) is 4. The van der Waals surface area contributed by atoms with Crippen LogP contribution in [0.5, 0.6) is 5.75 Å². The van der Waals surface area contributed by atoms with Gasteiger partial charge < -0.3 is 20.1 Å². The molecule has 0 radical (unpaired) electrons. The highest BCUT2D eigenvalue weighted by Gasteiger charge is 2.34. The fourth-order valence-corrected chi connectivity index (χ4v) is 1.54. The van der Waals surface area contributed by atoms with Crippen molar-refractivity contribution in [2.75, 3.05) is 0 Å². The zero-order valence-electron chi connectivity index (χ0n) is 12.4. The fraction of sp³-hybridized carbons (Fsp3) is 0.357. The molecule has 1 aromatic rings. The number of hydrogen-bond acceptors (Lipinski definition) is 6. The molecule has 0 spiro atoms. The van der Waals surface area contributed by atoms with E-state index in [1.165, 1.54) is 12.1 Å². The van der Waals surface area contributed by atoms with Crippen molar-refractivity contribution in [1.82, 2.24) is 5.48 Å². The zero-order chi connectivity index (χ0) is 17.6. The highest BCUT2D eigenvalue weighted by molar-refractivity contribution is 5.83. The molecule has 0 aliphatic heterocycles. The van der Waals surface area contributed by atoms with E-state index in [1.807, 2.05) is 13.8 Å². The molecule has 0 aliphatic carbocycles. The van der Waals surface area contributed by atoms with Gasteiger partial charge in [-0.25, -0.2) is 14.4 Å². The van der Waals surface area contributed by atoms with Crippen LogP contribution in [-0.2, 0) is 14.4 Å². The van der Waals surface area contributed by atoms with Crippen molar-refractivity contribution in [3.05, 3.63) is 29.8 Å². The van der Waals surface area contributed by atoms with E-state index in [2.05, 4.69) is 4.84 Å². The van der Waals surface area contributed by atoms with Crippen LogP contribution >= 0.6 is 0 Å². The van der Waals surface area contributed by atoms with Crippen LogP contribution in [-0.4, -0.2) is 45.6 Å². The maximum atomic E-state index is 11.5. The standard InChI is InChI=1S/C14H17NO8/c1-7(2)8-3-5-9(6-4-8)22-14(21)15-23-11(13(19)20)10(16)12(17)18/h3-7,10-11,16H,1-2H3,(H,15,21)(H,17,18)(H,19,20). The molecule has 0 bridgehead atoms. The minimum absolute atomic E-state index is 0.182. The summed E-state index contributed by atoms with van der Waals surface area (Å²) < 4.78 is 4.82. The van der Waals surface area contributed by atoms with Gasteiger partial charge in [0.1, 0.15) is 5.75 Å². The maximum absolute atomic E-state index is 11.5. The van der Waals surface area contributed by atoms with Gasteiger partial charge in [-0.2, -0.15) is 5.48 Å². The molecular formula is C14H17NO8. The molecule has 9 nitrogen and oxygen atoms in total. The van der Waals surface area contributed by atoms with Crippen molar-refractivity contribution in [1.29, 1.82) is 0 Å². The minimum atomic E-state index is -2.35. The lowest BCUT2D eigenvalue weighted by Crippen LogP contribution is -2.46. The van der Waals surface area contributed by atoms with Crippen molar-refractivity contribution in [2.24, 2.45) is 0 Å². The van der Waals surface area contributed by atoms with E-state index in [9.17, 15) is 14.4 Å². The molecule has 1 aromatic carbocycles. The number of benzene rings is 1. The van der Waals surface area contributed by atoms with Gasteiger partial charge in [-0.3, -0.25) is 4.84 Å². The summed E-state index contributed by atoms with van der Waals surface area (Å²) in [6.07, 6.45) is -5.69. The van der Waals surface area contributed by atoms with E-state index in [-0.39, 0.29) is 5.75 Å². The van der Waals surface area contributed by atoms with Crippen LogP contribution in [0.4, 0.5) is 4.79 Å². The van der Waals surface area contributed by atoms with Crippen LogP contribution < -0.4 is 10.2 Å². The Morgan fingerprint density at radius 2 is 1.61 bits per heavy atom. The molecule has 2 atom stereocenters. The lowest BCUT2D eigenvalue weighted by molar-refractivity contribution is -0.176. The molecule has 2 unspecified atom stereocenters. The summed E-state index contributed by atoms with van der Waals surface area (Å²) in [5, 5.41) is 26.4. The second kappa shape index (κ2) is 8.11. The van der Waals surface area contributed by atoms with E-state index in [1.54, 1.807) is 17.6 Å². The Balaban J connectivity index is 2.58. The molecule has 0 fully saturated rings. The summed E-state index contributed by atoms with van der Waals surface area (Å²) in [5.74, 6) is -3.09. The lowest BCUT2D eigenvalue weighted by atomic mass is 10.0. The topological polar surface area (TPSA) is 142 Å². The monoisotopic (exact) mass is 327 g/mol. The van der Waals surface area contributed by atoms with Gasteiger partial charge in [-0.1, -0.05) is 26.0 Å². The summed E-state index contributed by atoms with van der Waals surface area (Å²) in [5.41, 5.74) is 2.65. The molecule has 0 saturated carbocycles. The first-order valence-corrected chi connectivity index (χ1v) is 6.59. The van der Waals surface area contributed by atoms with Gasteiger partial charge in [-0.15, -0.1) is 0 Å². The second-order valence-corrected chi connectivity index (χ2v) is 4.88. The Bertz CT molecular complexity index is 569. The van der Waals surface area contributed by atoms with Crippen molar-refractivity contribution in [2.45, 2.75) is 32.0 Å². The highest BCUT2D eigenvalue weighted by atomic mass is 16.7. The largest absolute Gasteiger partial charge is 0.479 e. The molecule has 1 rings (SSSR count). The quantitative estimate of drug-likeness (QED) is 0.537. The predicted molar refractivity (Wildman–Crippen MR) is 75.8 cm³/mol. The van der Waals surface area contributed by atoms with E-state index in [0.29, 0.717) is 5.92 Å². The highest BCUT2D eigenvalue weighted by Crippen LogP contribution is 2.18. The Kier molecular flexibility index (Phi) is 6.49. The number of nitrogens with one attached hydrogen (secondary N) is 1. The molecule has 126 valence electrons. The van der Waals surface area contributed by atoms with E-state index in [0.717, 1.165) is 5.56 Å². The molecule has 9 heteroatoms. The number of aliphatic carboxylic acids is 2. The van der Waals surface area contributed by atoms with Crippen LogP contribution in [0.15, 0.2) is 24.3 Å². The zero-order valence-corrected chi connectivity index (χ0v) is 12.4. The number of carbonyl (C=O) groups is 3. The van der Waals surface area contributed by atoms with E-state index in [4.69, 9.17) is 20.1 Å². The van der Waals surface area contributed by atoms with E-state index >= 15 is 0 Å². The van der Waals surface area contributed by atoms with Crippen LogP contribution in [0, 0.1) is 0 Å². The molecular weight excluding hydrogens is 310 g/mol. The van der Waals surface area contributed by atoms with Crippen LogP contribution in [0.25, 0.3) is 0 Å². The fourth-order valence-electron chi connectivity index (χ4n) is 1.54. The maximum Gasteiger partial charge on any atom is 0.436 e. The van der Waals surface area contributed by atoms with Gasteiger partial charge in [0, 0.05) is 0 Å². The van der Waals surface area contributed by atoms with Gasteiger partial charge >= 0.3 is 18.0 Å². The first-order valence-electron chi connectivity index (χ1n) is 6.59. The average Bonchev–Trinajstić information content (AvgIpc) is 2.47. The molecule has 1 amide bonds. The van der Waals surface area contributed by atoms with Crippen LogP contribution in [0.2, 0.25) is 0 Å². The Labute approximate surface area is 131 Å². The summed E-state index contributed by atoms with van der Waals surface area (Å²) in [6.45, 7) is 3.99. The SMILES string of the molecule is CC(C)c1ccc(OC(=O)NOC(C(=O)O)C(O)C(=O)O)cc1. The van der Waals surface area contributed by atoms with Crippen LogP contribution in [0.3, 0.4) is 0 Å². The number of aliphatic hydroxyl groups excluding tert-OH is 1. The lowest BCUT2D eigenvalue weighted by Gasteiger charge is -2.16. The van der Waals surface area contributed by atoms with Gasteiger partial charge in [0.2, 0.25) is 6.10 Å². The molecule has 0 heterocycles. The van der Waals surface area contributed by atoms with Crippen molar-refractivity contribution < 1.29 is 39.3 Å². The number of hydroxylamine groups is 1. The summed E-state index contributed by atoms with van der Waals surface area (Å²) >= 11 is 0. The number of aliphatic hydroxyl groups is 1. The Hall–Kier alpha value is -2.65. The normalized spacial score (nSPS) is 13.2. The Morgan fingerprint density at radius 3 is 2.04 bits per heavy atom. The minimum Gasteiger partial charge on any atom is -0.479 e. The third kappa shape index (κ3) is 5.57. The molecule has 23 heavy (non-hydrogen) atoms. The molecule has 0 aliphatic rings. The van der Waals surface area contributed by atoms with Crippen molar-refractivity contribution in [3.63, 3.8) is 0 Å². The molecule has 0 saturated heterocycles. The summed E-state index contributed by atoms with van der Waals surface area (Å²) in [6, 6.07) is 6.58.